The zero-order valence-corrected chi connectivity index (χ0v) is 20.1. The van der Waals surface area contributed by atoms with Crippen LogP contribution in [0.4, 0.5) is 0 Å². The third-order valence-corrected chi connectivity index (χ3v) is 6.91. The van der Waals surface area contributed by atoms with Crippen LogP contribution < -0.4 is 0 Å². The van der Waals surface area contributed by atoms with Crippen LogP contribution in [0.25, 0.3) is 0 Å². The van der Waals surface area contributed by atoms with E-state index in [0.29, 0.717) is 19.3 Å². The van der Waals surface area contributed by atoms with Gasteiger partial charge in [0.2, 0.25) is 0 Å². The molecule has 2 bridgehead atoms. The molecule has 3 heterocycles. The van der Waals surface area contributed by atoms with Crippen LogP contribution in [0.1, 0.15) is 66.2 Å². The van der Waals surface area contributed by atoms with Crippen molar-refractivity contribution in [2.75, 3.05) is 0 Å². The number of allylic oxidation sites excluding steroid dienone is 3. The Hall–Kier alpha value is -1.69. The molecule has 3 aliphatic heterocycles. The van der Waals surface area contributed by atoms with Crippen LogP contribution in [0.15, 0.2) is 48.1 Å². The normalized spacial score (nSPS) is 39.8. The highest BCUT2D eigenvalue weighted by Crippen LogP contribution is 2.40. The zero-order chi connectivity index (χ0) is 23.4. The Kier molecular flexibility index (Phi) is 8.54. The molecule has 2 saturated heterocycles. The number of carbonyl (C=O) groups is 1. The first-order chi connectivity index (χ1) is 15.2. The number of aliphatic hydroxyl groups excluding tert-OH is 1. The van der Waals surface area contributed by atoms with Crippen LogP contribution in [-0.2, 0) is 19.0 Å². The van der Waals surface area contributed by atoms with Gasteiger partial charge in [-0.3, -0.25) is 4.79 Å². The molecule has 5 nitrogen and oxygen atoms in total. The third-order valence-electron chi connectivity index (χ3n) is 6.91. The number of aliphatic hydroxyl groups is 1. The third kappa shape index (κ3) is 6.43. The number of epoxide rings is 1. The Morgan fingerprint density at radius 2 is 1.91 bits per heavy atom. The summed E-state index contributed by atoms with van der Waals surface area (Å²) in [4.78, 5) is 12.8. The first-order valence-electron chi connectivity index (χ1n) is 12.0. The van der Waals surface area contributed by atoms with Crippen molar-refractivity contribution in [3.05, 3.63) is 48.1 Å². The molecule has 2 fully saturated rings. The smallest absolute Gasteiger partial charge is 0.308 e. The van der Waals surface area contributed by atoms with Crippen LogP contribution in [-0.4, -0.2) is 47.7 Å². The van der Waals surface area contributed by atoms with Crippen LogP contribution in [0.5, 0.6) is 0 Å². The lowest BCUT2D eigenvalue weighted by Gasteiger charge is -2.22. The van der Waals surface area contributed by atoms with E-state index in [1.165, 1.54) is 0 Å². The highest BCUT2D eigenvalue weighted by molar-refractivity contribution is 5.72. The SMILES string of the molecule is C=C1C[C@H](O)[C@@H]2O[C@H]2[C@H]2CC(=C)[C@@H](CC[C@@H](C/C=C/C)OC(=O)[C@H](C)C[C@@H](C)C=C1C)O2. The van der Waals surface area contributed by atoms with E-state index < -0.39 is 6.10 Å². The Labute approximate surface area is 193 Å². The van der Waals surface area contributed by atoms with Crippen molar-refractivity contribution in [3.8, 4) is 0 Å². The van der Waals surface area contributed by atoms with E-state index >= 15 is 0 Å². The summed E-state index contributed by atoms with van der Waals surface area (Å²) >= 11 is 0. The van der Waals surface area contributed by atoms with E-state index in [2.05, 4.69) is 26.2 Å². The van der Waals surface area contributed by atoms with E-state index in [9.17, 15) is 9.90 Å². The Bertz CT molecular complexity index is 766. The molecular weight excluding hydrogens is 404 g/mol. The van der Waals surface area contributed by atoms with Gasteiger partial charge in [-0.2, -0.15) is 0 Å². The summed E-state index contributed by atoms with van der Waals surface area (Å²) in [5.74, 6) is -0.134. The highest BCUT2D eigenvalue weighted by atomic mass is 16.6. The van der Waals surface area contributed by atoms with Crippen molar-refractivity contribution in [2.45, 2.75) is 103 Å². The molecule has 0 aliphatic carbocycles. The first kappa shape index (κ1) is 24.9. The van der Waals surface area contributed by atoms with Gasteiger partial charge in [-0.05, 0) is 56.6 Å². The number of hydrogen-bond acceptors (Lipinski definition) is 5. The first-order valence-corrected chi connectivity index (χ1v) is 12.0. The molecule has 3 rings (SSSR count). The molecule has 32 heavy (non-hydrogen) atoms. The fraction of sp³-hybridized carbons (Fsp3) is 0.667. The van der Waals surface area contributed by atoms with Gasteiger partial charge in [-0.25, -0.2) is 0 Å². The Morgan fingerprint density at radius 1 is 1.16 bits per heavy atom. The van der Waals surface area contributed by atoms with Crippen molar-refractivity contribution in [3.63, 3.8) is 0 Å². The Morgan fingerprint density at radius 3 is 2.62 bits per heavy atom. The zero-order valence-electron chi connectivity index (χ0n) is 20.1. The molecule has 3 aliphatic rings. The van der Waals surface area contributed by atoms with Crippen LogP contribution in [0.2, 0.25) is 0 Å². The predicted octanol–water partition coefficient (Wildman–Crippen LogP) is 5.06. The average Bonchev–Trinajstić information content (AvgIpc) is 3.45. The maximum absolute atomic E-state index is 12.8. The molecule has 1 N–H and O–H groups in total. The van der Waals surface area contributed by atoms with Crippen molar-refractivity contribution < 1.29 is 24.1 Å². The van der Waals surface area contributed by atoms with E-state index in [-0.39, 0.29) is 48.3 Å². The maximum Gasteiger partial charge on any atom is 0.308 e. The molecule has 5 heteroatoms. The van der Waals surface area contributed by atoms with Gasteiger partial charge in [0.1, 0.15) is 18.3 Å². The molecule has 0 aromatic heterocycles. The number of fused-ring (bicyclic) bond motifs is 4. The van der Waals surface area contributed by atoms with Crippen molar-refractivity contribution in [1.29, 1.82) is 0 Å². The fourth-order valence-electron chi connectivity index (χ4n) is 4.88. The summed E-state index contributed by atoms with van der Waals surface area (Å²) in [6.07, 6.45) is 9.06. The second-order valence-electron chi connectivity index (χ2n) is 9.87. The minimum atomic E-state index is -0.597. The molecule has 0 radical (unpaired) electrons. The van der Waals surface area contributed by atoms with Gasteiger partial charge in [0.25, 0.3) is 0 Å². The second-order valence-corrected chi connectivity index (χ2v) is 9.87. The van der Waals surface area contributed by atoms with Crippen molar-refractivity contribution in [2.24, 2.45) is 11.8 Å². The molecule has 8 atom stereocenters. The number of esters is 1. The maximum atomic E-state index is 12.8. The number of cyclic esters (lactones) is 1. The number of ether oxygens (including phenoxy) is 3. The van der Waals surface area contributed by atoms with Gasteiger partial charge in [0.15, 0.2) is 0 Å². The van der Waals surface area contributed by atoms with E-state index in [4.69, 9.17) is 14.2 Å². The van der Waals surface area contributed by atoms with Crippen LogP contribution in [0.3, 0.4) is 0 Å². The van der Waals surface area contributed by atoms with Crippen molar-refractivity contribution in [1.82, 2.24) is 0 Å². The fourth-order valence-corrected chi connectivity index (χ4v) is 4.88. The summed E-state index contributed by atoms with van der Waals surface area (Å²) in [5.41, 5.74) is 3.00. The van der Waals surface area contributed by atoms with Crippen molar-refractivity contribution >= 4 is 5.97 Å². The lowest BCUT2D eigenvalue weighted by Crippen LogP contribution is -2.26. The largest absolute Gasteiger partial charge is 0.462 e. The minimum Gasteiger partial charge on any atom is -0.462 e. The lowest BCUT2D eigenvalue weighted by molar-refractivity contribution is -0.154. The Balaban J connectivity index is 1.77. The van der Waals surface area contributed by atoms with Crippen LogP contribution in [0, 0.1) is 11.8 Å². The number of hydrogen-bond donors (Lipinski definition) is 1. The monoisotopic (exact) mass is 444 g/mol. The minimum absolute atomic E-state index is 0.0646. The molecule has 0 unspecified atom stereocenters. The highest BCUT2D eigenvalue weighted by Gasteiger charge is 2.52. The molecule has 0 aromatic rings. The summed E-state index contributed by atoms with van der Waals surface area (Å²) in [6.45, 7) is 16.4. The molecular formula is C27H40O5. The van der Waals surface area contributed by atoms with Gasteiger partial charge in [0.05, 0.1) is 24.2 Å². The molecule has 0 saturated carbocycles. The van der Waals surface area contributed by atoms with E-state index in [0.717, 1.165) is 36.0 Å². The quantitative estimate of drug-likeness (QED) is 0.366. The summed E-state index contributed by atoms with van der Waals surface area (Å²) < 4.78 is 18.0. The molecule has 0 aromatic carbocycles. The molecule has 178 valence electrons. The van der Waals surface area contributed by atoms with Gasteiger partial charge in [-0.1, -0.05) is 50.8 Å². The van der Waals surface area contributed by atoms with Gasteiger partial charge in [-0.15, -0.1) is 0 Å². The molecule has 0 spiro atoms. The van der Waals surface area contributed by atoms with E-state index in [1.54, 1.807) is 0 Å². The summed E-state index contributed by atoms with van der Waals surface area (Å²) in [5, 5.41) is 10.7. The van der Waals surface area contributed by atoms with Crippen LogP contribution >= 0.6 is 0 Å². The number of rotatable bonds is 2. The van der Waals surface area contributed by atoms with Gasteiger partial charge >= 0.3 is 5.97 Å². The number of carbonyl (C=O) groups excluding carboxylic acids is 1. The van der Waals surface area contributed by atoms with Gasteiger partial charge < -0.3 is 19.3 Å². The second kappa shape index (κ2) is 11.0. The summed E-state index contributed by atoms with van der Waals surface area (Å²) in [6, 6.07) is 0. The van der Waals surface area contributed by atoms with Gasteiger partial charge in [0, 0.05) is 12.8 Å². The predicted molar refractivity (Wildman–Crippen MR) is 126 cm³/mol. The molecule has 0 amide bonds. The lowest BCUT2D eigenvalue weighted by atomic mass is 9.92. The summed E-state index contributed by atoms with van der Waals surface area (Å²) in [7, 11) is 0. The van der Waals surface area contributed by atoms with E-state index in [1.807, 2.05) is 32.9 Å². The average molecular weight is 445 g/mol. The topological polar surface area (TPSA) is 68.3 Å². The standard InChI is InChI=1S/C27H40O5/c1-7-8-9-21-10-11-23-19(5)15-24(31-23)26-25(32-26)22(28)14-18(4)17(3)12-16(2)13-20(6)27(29)30-21/h7-8,12,16,20-26,28H,4-5,9-11,13-15H2,1-3,6H3/b8-7+,17-12?/t16-,20+,21+,22-,23+,24+,25-,26-/m0/s1.